The van der Waals surface area contributed by atoms with E-state index < -0.39 is 0 Å². The molecule has 20 heavy (non-hydrogen) atoms. The third kappa shape index (κ3) is 3.40. The van der Waals surface area contributed by atoms with Crippen molar-refractivity contribution in [2.75, 3.05) is 5.32 Å². The van der Waals surface area contributed by atoms with E-state index in [-0.39, 0.29) is 5.91 Å². The van der Waals surface area contributed by atoms with E-state index in [4.69, 9.17) is 11.6 Å². The van der Waals surface area contributed by atoms with E-state index >= 15 is 0 Å². The average Bonchev–Trinajstić information content (AvgIpc) is 2.47. The van der Waals surface area contributed by atoms with E-state index in [1.54, 1.807) is 24.3 Å². The lowest BCUT2D eigenvalue weighted by atomic mass is 9.98. The van der Waals surface area contributed by atoms with Crippen molar-refractivity contribution in [2.24, 2.45) is 0 Å². The standard InChI is InChI=1S/C17H18ClNO/c1-3-12(2)13-8-10-14(11-9-13)19-17(20)15-6-4-5-7-16(15)18/h4-12H,3H2,1-2H3,(H,19,20)/t12-/m1/s1. The van der Waals surface area contributed by atoms with Crippen molar-refractivity contribution in [3.63, 3.8) is 0 Å². The Bertz CT molecular complexity index is 592. The van der Waals surface area contributed by atoms with Crippen LogP contribution in [0, 0.1) is 0 Å². The number of halogens is 1. The SMILES string of the molecule is CC[C@@H](C)c1ccc(NC(=O)c2ccccc2Cl)cc1. The van der Waals surface area contributed by atoms with Crippen LogP contribution in [0.25, 0.3) is 0 Å². The quantitative estimate of drug-likeness (QED) is 0.832. The number of nitrogens with one attached hydrogen (secondary N) is 1. The van der Waals surface area contributed by atoms with Gasteiger partial charge in [0.2, 0.25) is 0 Å². The molecule has 2 aromatic carbocycles. The number of amides is 1. The molecule has 2 aromatic rings. The number of carbonyl (C=O) groups is 1. The van der Waals surface area contributed by atoms with Gasteiger partial charge in [0.05, 0.1) is 10.6 Å². The maximum absolute atomic E-state index is 12.1. The predicted molar refractivity (Wildman–Crippen MR) is 84.6 cm³/mol. The van der Waals surface area contributed by atoms with Gasteiger partial charge in [-0.15, -0.1) is 0 Å². The van der Waals surface area contributed by atoms with Gasteiger partial charge in [-0.25, -0.2) is 0 Å². The van der Waals surface area contributed by atoms with Gasteiger partial charge in [-0.1, -0.05) is 49.7 Å². The van der Waals surface area contributed by atoms with Crippen molar-refractivity contribution in [3.8, 4) is 0 Å². The third-order valence-electron chi connectivity index (χ3n) is 3.47. The van der Waals surface area contributed by atoms with Crippen LogP contribution in [0.4, 0.5) is 5.69 Å². The molecule has 2 nitrogen and oxygen atoms in total. The van der Waals surface area contributed by atoms with Gasteiger partial charge >= 0.3 is 0 Å². The Morgan fingerprint density at radius 3 is 2.40 bits per heavy atom. The molecule has 0 aliphatic heterocycles. The Morgan fingerprint density at radius 2 is 1.80 bits per heavy atom. The molecule has 0 spiro atoms. The largest absolute Gasteiger partial charge is 0.322 e. The first-order chi connectivity index (χ1) is 9.61. The van der Waals surface area contributed by atoms with E-state index in [1.165, 1.54) is 5.56 Å². The fraction of sp³-hybridized carbons (Fsp3) is 0.235. The summed E-state index contributed by atoms with van der Waals surface area (Å²) in [6.45, 7) is 4.36. The number of rotatable bonds is 4. The van der Waals surface area contributed by atoms with Gasteiger partial charge in [-0.3, -0.25) is 4.79 Å². The summed E-state index contributed by atoms with van der Waals surface area (Å²) in [5, 5.41) is 3.32. The van der Waals surface area contributed by atoms with Gasteiger partial charge in [-0.2, -0.15) is 0 Å². The van der Waals surface area contributed by atoms with Gasteiger partial charge in [0.15, 0.2) is 0 Å². The highest BCUT2D eigenvalue weighted by molar-refractivity contribution is 6.34. The molecule has 0 heterocycles. The highest BCUT2D eigenvalue weighted by Crippen LogP contribution is 2.21. The van der Waals surface area contributed by atoms with Crippen molar-refractivity contribution >= 4 is 23.2 Å². The Labute approximate surface area is 124 Å². The van der Waals surface area contributed by atoms with Crippen LogP contribution >= 0.6 is 11.6 Å². The molecule has 104 valence electrons. The lowest BCUT2D eigenvalue weighted by Crippen LogP contribution is -2.12. The molecule has 0 fully saturated rings. The molecule has 0 aromatic heterocycles. The molecular weight excluding hydrogens is 270 g/mol. The molecule has 3 heteroatoms. The fourth-order valence-corrected chi connectivity index (χ4v) is 2.20. The fourth-order valence-electron chi connectivity index (χ4n) is 1.97. The number of hydrogen-bond acceptors (Lipinski definition) is 1. The lowest BCUT2D eigenvalue weighted by Gasteiger charge is -2.11. The van der Waals surface area contributed by atoms with Crippen LogP contribution in [-0.2, 0) is 0 Å². The number of hydrogen-bond donors (Lipinski definition) is 1. The zero-order chi connectivity index (χ0) is 14.5. The van der Waals surface area contributed by atoms with E-state index in [0.29, 0.717) is 16.5 Å². The van der Waals surface area contributed by atoms with E-state index in [9.17, 15) is 4.79 Å². The highest BCUT2D eigenvalue weighted by Gasteiger charge is 2.10. The van der Waals surface area contributed by atoms with Crippen molar-refractivity contribution in [1.29, 1.82) is 0 Å². The predicted octanol–water partition coefficient (Wildman–Crippen LogP) is 5.11. The normalized spacial score (nSPS) is 11.9. The summed E-state index contributed by atoms with van der Waals surface area (Å²) in [5.74, 6) is 0.343. The van der Waals surface area contributed by atoms with E-state index in [2.05, 4.69) is 31.3 Å². The van der Waals surface area contributed by atoms with Gasteiger partial charge in [0.1, 0.15) is 0 Å². The summed E-state index contributed by atoms with van der Waals surface area (Å²) in [4.78, 5) is 12.1. The zero-order valence-corrected chi connectivity index (χ0v) is 12.4. The first-order valence-corrected chi connectivity index (χ1v) is 7.15. The van der Waals surface area contributed by atoms with Crippen molar-refractivity contribution in [3.05, 3.63) is 64.7 Å². The zero-order valence-electron chi connectivity index (χ0n) is 11.7. The Balaban J connectivity index is 2.11. The van der Waals surface area contributed by atoms with Crippen LogP contribution in [0.3, 0.4) is 0 Å². The summed E-state index contributed by atoms with van der Waals surface area (Å²) in [7, 11) is 0. The summed E-state index contributed by atoms with van der Waals surface area (Å²) in [6, 6.07) is 15.0. The summed E-state index contributed by atoms with van der Waals surface area (Å²) < 4.78 is 0. The molecule has 0 unspecified atom stereocenters. The number of benzene rings is 2. The molecule has 1 N–H and O–H groups in total. The van der Waals surface area contributed by atoms with Gasteiger partial charge in [0.25, 0.3) is 5.91 Å². The van der Waals surface area contributed by atoms with Crippen LogP contribution in [0.5, 0.6) is 0 Å². The van der Waals surface area contributed by atoms with Gasteiger partial charge in [0, 0.05) is 5.69 Å². The maximum Gasteiger partial charge on any atom is 0.257 e. The Morgan fingerprint density at radius 1 is 1.15 bits per heavy atom. The molecule has 0 saturated carbocycles. The minimum absolute atomic E-state index is 0.188. The first kappa shape index (κ1) is 14.6. The van der Waals surface area contributed by atoms with Crippen LogP contribution < -0.4 is 5.32 Å². The minimum Gasteiger partial charge on any atom is -0.322 e. The molecule has 0 aliphatic rings. The third-order valence-corrected chi connectivity index (χ3v) is 3.80. The molecule has 1 atom stereocenters. The number of anilines is 1. The molecule has 0 bridgehead atoms. The van der Waals surface area contributed by atoms with Crippen LogP contribution in [0.1, 0.15) is 42.1 Å². The lowest BCUT2D eigenvalue weighted by molar-refractivity contribution is 0.102. The second-order valence-corrected chi connectivity index (χ2v) is 5.27. The Kier molecular flexibility index (Phi) is 4.80. The van der Waals surface area contributed by atoms with E-state index in [0.717, 1.165) is 12.1 Å². The molecule has 0 radical (unpaired) electrons. The summed E-state index contributed by atoms with van der Waals surface area (Å²) in [6.07, 6.45) is 1.10. The smallest absolute Gasteiger partial charge is 0.257 e. The number of carbonyl (C=O) groups excluding carboxylic acids is 1. The van der Waals surface area contributed by atoms with Crippen LogP contribution in [-0.4, -0.2) is 5.91 Å². The second kappa shape index (κ2) is 6.58. The van der Waals surface area contributed by atoms with Gasteiger partial charge < -0.3 is 5.32 Å². The van der Waals surface area contributed by atoms with Crippen molar-refractivity contribution in [1.82, 2.24) is 0 Å². The first-order valence-electron chi connectivity index (χ1n) is 6.77. The molecule has 0 aliphatic carbocycles. The van der Waals surface area contributed by atoms with Crippen LogP contribution in [0.2, 0.25) is 5.02 Å². The Hall–Kier alpha value is -1.80. The average molecular weight is 288 g/mol. The molecular formula is C17H18ClNO. The molecule has 1 amide bonds. The van der Waals surface area contributed by atoms with Gasteiger partial charge in [-0.05, 0) is 42.2 Å². The topological polar surface area (TPSA) is 29.1 Å². The second-order valence-electron chi connectivity index (χ2n) is 4.87. The summed E-state index contributed by atoms with van der Waals surface area (Å²) in [5.41, 5.74) is 2.55. The monoisotopic (exact) mass is 287 g/mol. The molecule has 2 rings (SSSR count). The van der Waals surface area contributed by atoms with E-state index in [1.807, 2.05) is 12.1 Å². The summed E-state index contributed by atoms with van der Waals surface area (Å²) >= 11 is 6.01. The van der Waals surface area contributed by atoms with Crippen molar-refractivity contribution < 1.29 is 4.79 Å². The molecule has 0 saturated heterocycles. The van der Waals surface area contributed by atoms with Crippen molar-refractivity contribution in [2.45, 2.75) is 26.2 Å². The van der Waals surface area contributed by atoms with Crippen LogP contribution in [0.15, 0.2) is 48.5 Å². The maximum atomic E-state index is 12.1. The highest BCUT2D eigenvalue weighted by atomic mass is 35.5. The minimum atomic E-state index is -0.188.